The number of oxime groups is 1. The fraction of sp³-hybridized carbons (Fsp3) is 0.600. The van der Waals surface area contributed by atoms with Gasteiger partial charge in [0.15, 0.2) is 12.4 Å². The molecular formula is C20H27NO6S. The van der Waals surface area contributed by atoms with Crippen LogP contribution in [0.1, 0.15) is 39.5 Å². The minimum Gasteiger partial charge on any atom is -0.453 e. The lowest BCUT2D eigenvalue weighted by molar-refractivity contribution is -0.286. The number of esters is 1. The van der Waals surface area contributed by atoms with Crippen LogP contribution in [0, 0.1) is 5.41 Å². The number of hydrogen-bond acceptors (Lipinski definition) is 8. The number of benzene rings is 1. The van der Waals surface area contributed by atoms with Crippen LogP contribution in [0.2, 0.25) is 0 Å². The number of carbonyl (C=O) groups excluding carboxylic acids is 1. The van der Waals surface area contributed by atoms with Crippen LogP contribution in [0.25, 0.3) is 0 Å². The van der Waals surface area contributed by atoms with Crippen molar-refractivity contribution >= 4 is 23.4 Å². The Balaban J connectivity index is 1.88. The van der Waals surface area contributed by atoms with Crippen molar-refractivity contribution in [3.05, 3.63) is 35.9 Å². The lowest BCUT2D eigenvalue weighted by Crippen LogP contribution is -2.60. The van der Waals surface area contributed by atoms with E-state index in [2.05, 4.69) is 5.16 Å². The summed E-state index contributed by atoms with van der Waals surface area (Å²) in [5, 5.41) is 13.1. The largest absolute Gasteiger partial charge is 0.453 e. The van der Waals surface area contributed by atoms with Gasteiger partial charge in [-0.1, -0.05) is 42.4 Å². The fourth-order valence-electron chi connectivity index (χ4n) is 3.05. The molecular weight excluding hydrogens is 382 g/mol. The van der Waals surface area contributed by atoms with E-state index in [-0.39, 0.29) is 12.3 Å². The molecule has 0 amide bonds. The zero-order valence-electron chi connectivity index (χ0n) is 16.5. The Morgan fingerprint density at radius 2 is 2.00 bits per heavy atom. The predicted molar refractivity (Wildman–Crippen MR) is 105 cm³/mol. The van der Waals surface area contributed by atoms with Crippen LogP contribution in [-0.2, 0) is 23.7 Å². The molecule has 2 aliphatic rings. The second kappa shape index (κ2) is 8.82. The van der Waals surface area contributed by atoms with Crippen LogP contribution in [0.15, 0.2) is 35.5 Å². The highest BCUT2D eigenvalue weighted by Gasteiger charge is 2.51. The summed E-state index contributed by atoms with van der Waals surface area (Å²) >= 11 is 1.46. The molecule has 7 nitrogen and oxygen atoms in total. The first-order chi connectivity index (χ1) is 13.3. The first-order valence-corrected chi connectivity index (χ1v) is 10.4. The van der Waals surface area contributed by atoms with E-state index < -0.39 is 41.4 Å². The molecule has 2 saturated heterocycles. The summed E-state index contributed by atoms with van der Waals surface area (Å²) in [4.78, 5) is 12.6. The first-order valence-electron chi connectivity index (χ1n) is 9.37. The van der Waals surface area contributed by atoms with E-state index in [1.54, 1.807) is 20.8 Å². The second-order valence-electron chi connectivity index (χ2n) is 7.74. The summed E-state index contributed by atoms with van der Waals surface area (Å²) in [6.07, 6.45) is -2.54. The molecule has 5 atom stereocenters. The van der Waals surface area contributed by atoms with E-state index in [9.17, 15) is 10.0 Å². The third-order valence-corrected chi connectivity index (χ3v) is 5.53. The highest BCUT2D eigenvalue weighted by molar-refractivity contribution is 8.00. The van der Waals surface area contributed by atoms with Gasteiger partial charge in [0.2, 0.25) is 0 Å². The quantitative estimate of drug-likeness (QED) is 0.463. The molecule has 2 heterocycles. The predicted octanol–water partition coefficient (Wildman–Crippen LogP) is 3.37. The Morgan fingerprint density at radius 1 is 1.29 bits per heavy atom. The summed E-state index contributed by atoms with van der Waals surface area (Å²) in [5.74, 6) is 0.348. The van der Waals surface area contributed by atoms with Crippen LogP contribution >= 0.6 is 11.8 Å². The van der Waals surface area contributed by atoms with Gasteiger partial charge >= 0.3 is 5.97 Å². The minimum atomic E-state index is -0.852. The Kier molecular flexibility index (Phi) is 6.65. The molecule has 8 heteroatoms. The van der Waals surface area contributed by atoms with Crippen LogP contribution in [0.4, 0.5) is 0 Å². The van der Waals surface area contributed by atoms with Gasteiger partial charge in [0, 0.05) is 5.56 Å². The van der Waals surface area contributed by atoms with Gasteiger partial charge < -0.3 is 24.2 Å². The zero-order chi connectivity index (χ0) is 20.3. The summed E-state index contributed by atoms with van der Waals surface area (Å²) in [5.41, 5.74) is -0.130. The minimum absolute atomic E-state index is 0.249. The molecule has 0 saturated carbocycles. The van der Waals surface area contributed by atoms with Gasteiger partial charge in [-0.05, 0) is 26.5 Å². The molecule has 1 N–H and O–H groups in total. The molecule has 28 heavy (non-hydrogen) atoms. The molecule has 5 unspecified atom stereocenters. The van der Waals surface area contributed by atoms with Crippen molar-refractivity contribution in [3.8, 4) is 0 Å². The summed E-state index contributed by atoms with van der Waals surface area (Å²) in [6.45, 7) is 7.59. The van der Waals surface area contributed by atoms with Crippen LogP contribution in [0.5, 0.6) is 0 Å². The Bertz CT molecular complexity index is 704. The third-order valence-electron chi connectivity index (χ3n) is 4.54. The van der Waals surface area contributed by atoms with Crippen molar-refractivity contribution in [1.29, 1.82) is 0 Å². The van der Waals surface area contributed by atoms with Crippen molar-refractivity contribution in [3.63, 3.8) is 0 Å². The normalized spacial score (nSPS) is 32.0. The summed E-state index contributed by atoms with van der Waals surface area (Å²) in [6, 6.07) is 9.52. The number of ether oxygens (including phenoxy) is 4. The molecule has 0 bridgehead atoms. The van der Waals surface area contributed by atoms with Crippen molar-refractivity contribution in [2.75, 3.05) is 12.4 Å². The van der Waals surface area contributed by atoms with E-state index in [0.717, 1.165) is 11.3 Å². The smallest absolute Gasteiger partial charge is 0.311 e. The Hall–Kier alpha value is -1.61. The van der Waals surface area contributed by atoms with Gasteiger partial charge in [-0.3, -0.25) is 4.79 Å². The molecule has 3 rings (SSSR count). The monoisotopic (exact) mass is 409 g/mol. The van der Waals surface area contributed by atoms with E-state index in [1.165, 1.54) is 11.8 Å². The first kappa shape index (κ1) is 21.1. The standard InChI is InChI=1S/C20H27NO6S/c1-5-28-18-14(21-23)16(27-19(22)20(2,3)4)15-13(25-18)11-24-17(26-15)12-9-7-6-8-10-12/h6-10,13,15-18,23H,5,11H2,1-4H3/b21-14+. The average molecular weight is 410 g/mol. The number of fused-ring (bicyclic) bond motifs is 1. The van der Waals surface area contributed by atoms with Gasteiger partial charge in [0.05, 0.1) is 12.0 Å². The Labute approximate surface area is 169 Å². The highest BCUT2D eigenvalue weighted by Crippen LogP contribution is 2.37. The number of rotatable bonds is 4. The SMILES string of the molecule is CCSC1OC2COC(c3ccccc3)OC2C(OC(=O)C(C)(C)C)/C1=N\O. The molecule has 0 aliphatic carbocycles. The fourth-order valence-corrected chi connectivity index (χ4v) is 3.92. The number of carbonyl (C=O) groups is 1. The topological polar surface area (TPSA) is 86.6 Å². The van der Waals surface area contributed by atoms with Crippen LogP contribution in [0.3, 0.4) is 0 Å². The van der Waals surface area contributed by atoms with Gasteiger partial charge in [-0.25, -0.2) is 0 Å². The molecule has 0 radical (unpaired) electrons. The second-order valence-corrected chi connectivity index (χ2v) is 9.08. The molecule has 1 aromatic carbocycles. The van der Waals surface area contributed by atoms with E-state index in [0.29, 0.717) is 0 Å². The van der Waals surface area contributed by atoms with Crippen LogP contribution in [-0.4, -0.2) is 53.0 Å². The lowest BCUT2D eigenvalue weighted by Gasteiger charge is -2.45. The molecule has 1 aromatic rings. The van der Waals surface area contributed by atoms with E-state index in [4.69, 9.17) is 18.9 Å². The van der Waals surface area contributed by atoms with Crippen molar-refractivity contribution in [1.82, 2.24) is 0 Å². The summed E-state index contributed by atoms with van der Waals surface area (Å²) < 4.78 is 23.8. The van der Waals surface area contributed by atoms with Crippen molar-refractivity contribution in [2.45, 2.75) is 57.7 Å². The molecule has 0 aromatic heterocycles. The number of hydrogen-bond donors (Lipinski definition) is 1. The van der Waals surface area contributed by atoms with Gasteiger partial charge in [0.25, 0.3) is 0 Å². The number of thioether (sulfide) groups is 1. The zero-order valence-corrected chi connectivity index (χ0v) is 17.3. The maximum atomic E-state index is 12.6. The van der Waals surface area contributed by atoms with E-state index in [1.807, 2.05) is 37.3 Å². The third kappa shape index (κ3) is 4.51. The highest BCUT2D eigenvalue weighted by atomic mass is 32.2. The van der Waals surface area contributed by atoms with Crippen LogP contribution < -0.4 is 0 Å². The lowest BCUT2D eigenvalue weighted by atomic mass is 9.95. The maximum Gasteiger partial charge on any atom is 0.311 e. The summed E-state index contributed by atoms with van der Waals surface area (Å²) in [7, 11) is 0. The van der Waals surface area contributed by atoms with Gasteiger partial charge in [-0.15, -0.1) is 11.8 Å². The number of nitrogens with zero attached hydrogens (tertiary/aromatic N) is 1. The molecule has 2 aliphatic heterocycles. The maximum absolute atomic E-state index is 12.6. The molecule has 154 valence electrons. The molecule has 0 spiro atoms. The van der Waals surface area contributed by atoms with Crippen molar-refractivity contribution < 1.29 is 28.9 Å². The molecule has 2 fully saturated rings. The Morgan fingerprint density at radius 3 is 2.61 bits per heavy atom. The van der Waals surface area contributed by atoms with Gasteiger partial charge in [-0.2, -0.15) is 0 Å². The average Bonchev–Trinajstić information content (AvgIpc) is 2.68. The van der Waals surface area contributed by atoms with E-state index >= 15 is 0 Å². The van der Waals surface area contributed by atoms with Gasteiger partial charge in [0.1, 0.15) is 23.4 Å². The van der Waals surface area contributed by atoms with Crippen molar-refractivity contribution in [2.24, 2.45) is 10.6 Å².